The molecule has 2 aromatic heterocycles. The van der Waals surface area contributed by atoms with Gasteiger partial charge in [-0.1, -0.05) is 0 Å². The van der Waals surface area contributed by atoms with Crippen LogP contribution in [0.25, 0.3) is 11.5 Å². The fraction of sp³-hybridized carbons (Fsp3) is 0.385. The molecule has 0 radical (unpaired) electrons. The van der Waals surface area contributed by atoms with Crippen molar-refractivity contribution in [2.45, 2.75) is 13.0 Å². The first-order valence-electron chi connectivity index (χ1n) is 6.38. The molecule has 0 atom stereocenters. The van der Waals surface area contributed by atoms with Crippen LogP contribution >= 0.6 is 0 Å². The predicted molar refractivity (Wildman–Crippen MR) is 71.0 cm³/mol. The summed E-state index contributed by atoms with van der Waals surface area (Å²) in [5.74, 6) is 0.0242. The fourth-order valence-electron chi connectivity index (χ4n) is 2.26. The highest BCUT2D eigenvalue weighted by atomic mass is 16.5. The summed E-state index contributed by atoms with van der Waals surface area (Å²) in [5.41, 5.74) is 2.69. The number of methoxy groups -OCH3 is 1. The lowest BCUT2D eigenvalue weighted by molar-refractivity contribution is 0.0592. The Labute approximate surface area is 116 Å². The first-order valence-corrected chi connectivity index (χ1v) is 6.38. The van der Waals surface area contributed by atoms with E-state index in [1.807, 2.05) is 19.3 Å². The van der Waals surface area contributed by atoms with E-state index in [0.29, 0.717) is 23.8 Å². The van der Waals surface area contributed by atoms with Crippen molar-refractivity contribution in [3.8, 4) is 11.5 Å². The summed E-state index contributed by atoms with van der Waals surface area (Å²) in [6.45, 7) is 1.43. The number of esters is 1. The minimum atomic E-state index is -0.440. The van der Waals surface area contributed by atoms with E-state index in [1.165, 1.54) is 7.11 Å². The van der Waals surface area contributed by atoms with E-state index in [-0.39, 0.29) is 0 Å². The lowest BCUT2D eigenvalue weighted by atomic mass is 10.0. The number of aromatic nitrogens is 4. The summed E-state index contributed by atoms with van der Waals surface area (Å²) in [5, 5.41) is 7.50. The van der Waals surface area contributed by atoms with E-state index in [4.69, 9.17) is 4.74 Å². The van der Waals surface area contributed by atoms with Crippen LogP contribution in [0.1, 0.15) is 21.7 Å². The average molecular weight is 273 g/mol. The minimum absolute atomic E-state index is 0.324. The van der Waals surface area contributed by atoms with Gasteiger partial charge in [0.1, 0.15) is 5.69 Å². The van der Waals surface area contributed by atoms with E-state index < -0.39 is 5.97 Å². The van der Waals surface area contributed by atoms with E-state index in [0.717, 1.165) is 24.2 Å². The van der Waals surface area contributed by atoms with Gasteiger partial charge in [0, 0.05) is 38.3 Å². The minimum Gasteiger partial charge on any atom is -0.464 e. The van der Waals surface area contributed by atoms with Crippen molar-refractivity contribution in [3.05, 3.63) is 29.2 Å². The summed E-state index contributed by atoms with van der Waals surface area (Å²) in [4.78, 5) is 20.8. The van der Waals surface area contributed by atoms with Crippen LogP contribution in [0, 0.1) is 0 Å². The molecule has 0 fully saturated rings. The van der Waals surface area contributed by atoms with Crippen molar-refractivity contribution in [3.63, 3.8) is 0 Å². The molecule has 0 bridgehead atoms. The van der Waals surface area contributed by atoms with Gasteiger partial charge in [-0.15, -0.1) is 0 Å². The third-order valence-corrected chi connectivity index (χ3v) is 3.25. The summed E-state index contributed by atoms with van der Waals surface area (Å²) >= 11 is 0. The number of rotatable bonds is 2. The summed E-state index contributed by atoms with van der Waals surface area (Å²) < 4.78 is 6.49. The normalized spacial score (nSPS) is 13.9. The molecule has 0 amide bonds. The monoisotopic (exact) mass is 273 g/mol. The number of hydrogen-bond acceptors (Lipinski definition) is 6. The molecule has 1 N–H and O–H groups in total. The largest absolute Gasteiger partial charge is 0.464 e. The zero-order chi connectivity index (χ0) is 14.1. The number of hydrogen-bond donors (Lipinski definition) is 1. The molecule has 1 aliphatic rings. The molecule has 0 spiro atoms. The van der Waals surface area contributed by atoms with Crippen molar-refractivity contribution in [1.82, 2.24) is 25.1 Å². The molecule has 3 rings (SSSR count). The maximum absolute atomic E-state index is 11.9. The average Bonchev–Trinajstić information content (AvgIpc) is 2.92. The zero-order valence-electron chi connectivity index (χ0n) is 11.4. The Morgan fingerprint density at radius 1 is 1.45 bits per heavy atom. The smallest absolute Gasteiger partial charge is 0.357 e. The highest BCUT2D eigenvalue weighted by molar-refractivity contribution is 5.89. The van der Waals surface area contributed by atoms with Gasteiger partial charge in [0.05, 0.1) is 12.8 Å². The molecule has 7 heteroatoms. The van der Waals surface area contributed by atoms with Crippen molar-refractivity contribution >= 4 is 5.97 Å². The predicted octanol–water partition coefficient (Wildman–Crippen LogP) is 0.309. The van der Waals surface area contributed by atoms with Crippen LogP contribution in [-0.4, -0.2) is 39.4 Å². The Balaban J connectivity index is 2.15. The SMILES string of the molecule is COC(=O)c1nc(-c2ccn(C)n2)nc2c1CNCC2. The zero-order valence-corrected chi connectivity index (χ0v) is 11.4. The maximum atomic E-state index is 11.9. The molecule has 3 heterocycles. The third-order valence-electron chi connectivity index (χ3n) is 3.25. The highest BCUT2D eigenvalue weighted by Crippen LogP contribution is 2.21. The van der Waals surface area contributed by atoms with Crippen LogP contribution in [0.5, 0.6) is 0 Å². The van der Waals surface area contributed by atoms with Crippen molar-refractivity contribution in [2.24, 2.45) is 7.05 Å². The molecule has 0 saturated heterocycles. The van der Waals surface area contributed by atoms with Gasteiger partial charge < -0.3 is 10.1 Å². The molecule has 0 aliphatic carbocycles. The molecule has 0 saturated carbocycles. The van der Waals surface area contributed by atoms with E-state index in [1.54, 1.807) is 4.68 Å². The number of carbonyl (C=O) groups excluding carboxylic acids is 1. The third kappa shape index (κ3) is 2.16. The lowest BCUT2D eigenvalue weighted by Crippen LogP contribution is -2.28. The lowest BCUT2D eigenvalue weighted by Gasteiger charge is -2.18. The van der Waals surface area contributed by atoms with Gasteiger partial charge >= 0.3 is 5.97 Å². The Hall–Kier alpha value is -2.28. The van der Waals surface area contributed by atoms with E-state index in [2.05, 4.69) is 20.4 Å². The second-order valence-electron chi connectivity index (χ2n) is 4.61. The molecule has 2 aromatic rings. The summed E-state index contributed by atoms with van der Waals surface area (Å²) in [6.07, 6.45) is 2.58. The van der Waals surface area contributed by atoms with E-state index >= 15 is 0 Å². The van der Waals surface area contributed by atoms with Gasteiger partial charge in [0.15, 0.2) is 11.5 Å². The van der Waals surface area contributed by atoms with Gasteiger partial charge in [0.25, 0.3) is 0 Å². The molecule has 104 valence electrons. The molecular weight excluding hydrogens is 258 g/mol. The Kier molecular flexibility index (Phi) is 3.19. The van der Waals surface area contributed by atoms with Crippen LogP contribution in [0.15, 0.2) is 12.3 Å². The second kappa shape index (κ2) is 5.01. The number of nitrogens with zero attached hydrogens (tertiary/aromatic N) is 4. The van der Waals surface area contributed by atoms with Crippen molar-refractivity contribution in [1.29, 1.82) is 0 Å². The van der Waals surface area contributed by atoms with Gasteiger partial charge in [-0.25, -0.2) is 14.8 Å². The summed E-state index contributed by atoms with van der Waals surface area (Å²) in [7, 11) is 3.18. The summed E-state index contributed by atoms with van der Waals surface area (Å²) in [6, 6.07) is 1.82. The standard InChI is InChI=1S/C13H15N5O2/c1-18-6-4-10(17-18)12-15-9-3-5-14-7-8(9)11(16-12)13(19)20-2/h4,6,14H,3,5,7H2,1-2H3. The van der Waals surface area contributed by atoms with Crippen LogP contribution in [0.4, 0.5) is 0 Å². The second-order valence-corrected chi connectivity index (χ2v) is 4.61. The van der Waals surface area contributed by atoms with Gasteiger partial charge in [0.2, 0.25) is 0 Å². The topological polar surface area (TPSA) is 81.9 Å². The first kappa shape index (κ1) is 12.7. The van der Waals surface area contributed by atoms with Crippen molar-refractivity contribution < 1.29 is 9.53 Å². The molecule has 1 aliphatic heterocycles. The molecular formula is C13H15N5O2. The van der Waals surface area contributed by atoms with Crippen molar-refractivity contribution in [2.75, 3.05) is 13.7 Å². The Bertz CT molecular complexity index is 665. The molecule has 20 heavy (non-hydrogen) atoms. The maximum Gasteiger partial charge on any atom is 0.357 e. The van der Waals surface area contributed by atoms with Gasteiger partial charge in [-0.2, -0.15) is 5.10 Å². The molecule has 7 nitrogen and oxygen atoms in total. The van der Waals surface area contributed by atoms with E-state index in [9.17, 15) is 4.79 Å². The number of ether oxygens (including phenoxy) is 1. The van der Waals surface area contributed by atoms with Crippen LogP contribution in [0.2, 0.25) is 0 Å². The number of carbonyl (C=O) groups is 1. The van der Waals surface area contributed by atoms with Gasteiger partial charge in [-0.05, 0) is 6.07 Å². The quantitative estimate of drug-likeness (QED) is 0.793. The van der Waals surface area contributed by atoms with Gasteiger partial charge in [-0.3, -0.25) is 4.68 Å². The van der Waals surface area contributed by atoms with Crippen LogP contribution in [-0.2, 0) is 24.8 Å². The molecule has 0 aromatic carbocycles. The number of fused-ring (bicyclic) bond motifs is 1. The first-order chi connectivity index (χ1) is 9.69. The van der Waals surface area contributed by atoms with Crippen LogP contribution in [0.3, 0.4) is 0 Å². The number of aryl methyl sites for hydroxylation is 1. The van der Waals surface area contributed by atoms with Crippen LogP contribution < -0.4 is 5.32 Å². The number of nitrogens with one attached hydrogen (secondary N) is 1. The highest BCUT2D eigenvalue weighted by Gasteiger charge is 2.23. The fourth-order valence-corrected chi connectivity index (χ4v) is 2.26. The Morgan fingerprint density at radius 2 is 2.30 bits per heavy atom. The molecule has 0 unspecified atom stereocenters. The Morgan fingerprint density at radius 3 is 3.00 bits per heavy atom.